The highest BCUT2D eigenvalue weighted by molar-refractivity contribution is 7.89. The van der Waals surface area contributed by atoms with E-state index < -0.39 is 39.5 Å². The summed E-state index contributed by atoms with van der Waals surface area (Å²) in [6.07, 6.45) is -8.64. The molecular weight excluding hydrogens is 598 g/mol. The monoisotopic (exact) mass is 618 g/mol. The minimum absolute atomic E-state index is 0.0188. The Bertz CT molecular complexity index is 1900. The molecule has 43 heavy (non-hydrogen) atoms. The molecule has 0 spiro atoms. The van der Waals surface area contributed by atoms with Crippen molar-refractivity contribution < 1.29 is 39.6 Å². The summed E-state index contributed by atoms with van der Waals surface area (Å²) in [4.78, 5) is 13.0. The van der Waals surface area contributed by atoms with Crippen molar-refractivity contribution in [1.29, 1.82) is 0 Å². The highest BCUT2D eigenvalue weighted by atomic mass is 32.2. The van der Waals surface area contributed by atoms with Crippen LogP contribution < -0.4 is 10.0 Å². The SMILES string of the molecule is O=C(Nc1cccc(S(=O)(=O)NCc2ccccc2)c1)c1cnn2c(C(F)(F)F)cc(-c3ccc(C(F)(F)F)cc3)cc12. The molecule has 0 atom stereocenters. The molecule has 2 aromatic heterocycles. The second kappa shape index (κ2) is 11.2. The molecule has 5 rings (SSSR count). The van der Waals surface area contributed by atoms with Gasteiger partial charge in [0.1, 0.15) is 5.69 Å². The molecule has 0 saturated heterocycles. The van der Waals surface area contributed by atoms with Crippen LogP contribution in [0, 0.1) is 0 Å². The molecule has 0 fully saturated rings. The number of carbonyl (C=O) groups excluding carboxylic acids is 1. The summed E-state index contributed by atoms with van der Waals surface area (Å²) in [6, 6.07) is 19.5. The second-order valence-corrected chi connectivity index (χ2v) is 11.1. The first-order chi connectivity index (χ1) is 20.2. The molecule has 2 heterocycles. The smallest absolute Gasteiger partial charge is 0.322 e. The van der Waals surface area contributed by atoms with Crippen molar-refractivity contribution in [2.75, 3.05) is 5.32 Å². The van der Waals surface area contributed by atoms with E-state index in [9.17, 15) is 39.6 Å². The fourth-order valence-electron chi connectivity index (χ4n) is 4.28. The number of fused-ring (bicyclic) bond motifs is 1. The molecule has 1 amide bonds. The average molecular weight is 619 g/mol. The summed E-state index contributed by atoms with van der Waals surface area (Å²) >= 11 is 0. The molecule has 0 unspecified atom stereocenters. The Morgan fingerprint density at radius 3 is 2.14 bits per heavy atom. The van der Waals surface area contributed by atoms with E-state index in [2.05, 4.69) is 15.1 Å². The lowest BCUT2D eigenvalue weighted by Gasteiger charge is -2.13. The van der Waals surface area contributed by atoms with Gasteiger partial charge in [-0.25, -0.2) is 17.7 Å². The van der Waals surface area contributed by atoms with Gasteiger partial charge < -0.3 is 5.32 Å². The molecular formula is C29H20F6N4O3S. The average Bonchev–Trinajstić information content (AvgIpc) is 3.40. The summed E-state index contributed by atoms with van der Waals surface area (Å²) < 4.78 is 109. The summed E-state index contributed by atoms with van der Waals surface area (Å²) in [6.45, 7) is 0.0188. The van der Waals surface area contributed by atoms with Crippen LogP contribution >= 0.6 is 0 Å². The van der Waals surface area contributed by atoms with Crippen molar-refractivity contribution >= 4 is 27.1 Å². The number of alkyl halides is 6. The molecule has 2 N–H and O–H groups in total. The van der Waals surface area contributed by atoms with Crippen LogP contribution in [-0.2, 0) is 28.9 Å². The number of anilines is 1. The van der Waals surface area contributed by atoms with E-state index >= 15 is 0 Å². The predicted octanol–water partition coefficient (Wildman–Crippen LogP) is 6.77. The van der Waals surface area contributed by atoms with Crippen LogP contribution in [0.25, 0.3) is 16.6 Å². The standard InChI is InChI=1S/C29H20F6N4O3S/c30-28(31,32)21-11-9-19(10-12-21)20-13-25-24(17-36-39(25)26(14-20)29(33,34)35)27(40)38-22-7-4-8-23(15-22)43(41,42)37-16-18-5-2-1-3-6-18/h1-15,17,37H,16H2,(H,38,40). The second-order valence-electron chi connectivity index (χ2n) is 9.35. The van der Waals surface area contributed by atoms with Crippen molar-refractivity contribution in [3.63, 3.8) is 0 Å². The van der Waals surface area contributed by atoms with Gasteiger partial charge in [-0.3, -0.25) is 4.79 Å². The van der Waals surface area contributed by atoms with E-state index in [4.69, 9.17) is 0 Å². The van der Waals surface area contributed by atoms with E-state index in [1.165, 1.54) is 30.3 Å². The number of nitrogens with one attached hydrogen (secondary N) is 2. The van der Waals surface area contributed by atoms with Crippen LogP contribution in [0.15, 0.2) is 102 Å². The van der Waals surface area contributed by atoms with Gasteiger partial charge in [0.25, 0.3) is 5.91 Å². The summed E-state index contributed by atoms with van der Waals surface area (Å²) in [7, 11) is -3.99. The molecule has 0 bridgehead atoms. The first-order valence-electron chi connectivity index (χ1n) is 12.4. The molecule has 5 aromatic rings. The fraction of sp³-hybridized carbons (Fsp3) is 0.103. The quantitative estimate of drug-likeness (QED) is 0.197. The summed E-state index contributed by atoms with van der Waals surface area (Å²) in [5, 5.41) is 6.19. The normalized spacial score (nSPS) is 12.4. The van der Waals surface area contributed by atoms with Gasteiger partial charge >= 0.3 is 12.4 Å². The molecule has 222 valence electrons. The highest BCUT2D eigenvalue weighted by Crippen LogP contribution is 2.36. The predicted molar refractivity (Wildman–Crippen MR) is 145 cm³/mol. The Kier molecular flexibility index (Phi) is 7.75. The van der Waals surface area contributed by atoms with Gasteiger partial charge in [-0.15, -0.1) is 0 Å². The van der Waals surface area contributed by atoms with Gasteiger partial charge in [0, 0.05) is 12.2 Å². The molecule has 0 aliphatic carbocycles. The van der Waals surface area contributed by atoms with Crippen LogP contribution in [0.2, 0.25) is 0 Å². The highest BCUT2D eigenvalue weighted by Gasteiger charge is 2.36. The Morgan fingerprint density at radius 2 is 1.49 bits per heavy atom. The third kappa shape index (κ3) is 6.54. The number of carbonyl (C=O) groups is 1. The van der Waals surface area contributed by atoms with Crippen LogP contribution in [0.5, 0.6) is 0 Å². The van der Waals surface area contributed by atoms with Crippen LogP contribution in [0.1, 0.15) is 27.2 Å². The minimum atomic E-state index is -4.92. The lowest BCUT2D eigenvalue weighted by Crippen LogP contribution is -2.23. The lowest BCUT2D eigenvalue weighted by atomic mass is 10.0. The first-order valence-corrected chi connectivity index (χ1v) is 13.9. The van der Waals surface area contributed by atoms with E-state index in [1.54, 1.807) is 30.3 Å². The number of halogens is 6. The Morgan fingerprint density at radius 1 is 0.791 bits per heavy atom. The summed E-state index contributed by atoms with van der Waals surface area (Å²) in [5.41, 5.74) is -2.06. The van der Waals surface area contributed by atoms with Gasteiger partial charge in [0.15, 0.2) is 0 Å². The molecule has 14 heteroatoms. The maximum Gasteiger partial charge on any atom is 0.433 e. The Balaban J connectivity index is 1.45. The van der Waals surface area contributed by atoms with Crippen LogP contribution in [0.4, 0.5) is 32.0 Å². The number of hydrogen-bond donors (Lipinski definition) is 2. The molecule has 3 aromatic carbocycles. The number of aromatic nitrogens is 2. The van der Waals surface area contributed by atoms with E-state index in [0.717, 1.165) is 42.1 Å². The molecule has 0 aliphatic rings. The molecule has 0 radical (unpaired) electrons. The Labute approximate surface area is 240 Å². The van der Waals surface area contributed by atoms with E-state index in [0.29, 0.717) is 4.52 Å². The van der Waals surface area contributed by atoms with E-state index in [-0.39, 0.29) is 39.3 Å². The zero-order valence-electron chi connectivity index (χ0n) is 21.7. The van der Waals surface area contributed by atoms with Gasteiger partial charge in [-0.05, 0) is 59.2 Å². The number of pyridine rings is 1. The van der Waals surface area contributed by atoms with Crippen molar-refractivity contribution in [2.24, 2.45) is 0 Å². The first kappa shape index (κ1) is 29.8. The van der Waals surface area contributed by atoms with Crippen LogP contribution in [0.3, 0.4) is 0 Å². The van der Waals surface area contributed by atoms with Gasteiger partial charge in [-0.1, -0.05) is 48.5 Å². The number of rotatable bonds is 7. The number of hydrogen-bond acceptors (Lipinski definition) is 4. The zero-order chi connectivity index (χ0) is 31.0. The maximum atomic E-state index is 13.9. The van der Waals surface area contributed by atoms with E-state index in [1.807, 2.05) is 0 Å². The zero-order valence-corrected chi connectivity index (χ0v) is 22.6. The van der Waals surface area contributed by atoms with Gasteiger partial charge in [0.05, 0.1) is 27.7 Å². The van der Waals surface area contributed by atoms with Gasteiger partial charge in [-0.2, -0.15) is 31.4 Å². The minimum Gasteiger partial charge on any atom is -0.322 e. The van der Waals surface area contributed by atoms with Crippen LogP contribution in [-0.4, -0.2) is 23.9 Å². The molecule has 0 saturated carbocycles. The largest absolute Gasteiger partial charge is 0.433 e. The number of benzene rings is 3. The molecule has 0 aliphatic heterocycles. The number of amides is 1. The van der Waals surface area contributed by atoms with Gasteiger partial charge in [0.2, 0.25) is 10.0 Å². The maximum absolute atomic E-state index is 13.9. The Hall–Kier alpha value is -4.69. The summed E-state index contributed by atoms with van der Waals surface area (Å²) in [5.74, 6) is -0.889. The number of nitrogens with zero attached hydrogens (tertiary/aromatic N) is 2. The fourth-order valence-corrected chi connectivity index (χ4v) is 5.34. The molecule has 7 nitrogen and oxygen atoms in total. The van der Waals surface area contributed by atoms with Crippen molar-refractivity contribution in [3.8, 4) is 11.1 Å². The van der Waals surface area contributed by atoms with Crippen molar-refractivity contribution in [1.82, 2.24) is 14.3 Å². The third-order valence-corrected chi connectivity index (χ3v) is 7.81. The topological polar surface area (TPSA) is 92.6 Å². The van der Waals surface area contributed by atoms with Crippen molar-refractivity contribution in [2.45, 2.75) is 23.8 Å². The van der Waals surface area contributed by atoms with Crippen molar-refractivity contribution in [3.05, 3.63) is 120 Å². The lowest BCUT2D eigenvalue weighted by molar-refractivity contribution is -0.142. The number of sulfonamides is 1. The third-order valence-electron chi connectivity index (χ3n) is 6.41.